The van der Waals surface area contributed by atoms with E-state index in [0.29, 0.717) is 18.0 Å². The molecule has 1 rings (SSSR count). The molecular formula is C13H17NO3. The molecule has 0 heterocycles. The maximum atomic E-state index is 11.2. The molecule has 0 atom stereocenters. The minimum absolute atomic E-state index is 0.109. The van der Waals surface area contributed by atoms with Crippen LogP contribution < -0.4 is 14.8 Å². The summed E-state index contributed by atoms with van der Waals surface area (Å²) in [7, 11) is 3.16. The standard InChI is InChI=1S/C13H17NO3/c1-4-14-13(15)8-6-10-5-7-11(16-2)12(9-10)17-3/h5-9H,4H2,1-3H3,(H,14,15)/b8-6+. The Kier molecular flexibility index (Phi) is 5.07. The molecule has 1 aromatic rings. The maximum Gasteiger partial charge on any atom is 0.243 e. The first kappa shape index (κ1) is 13.1. The van der Waals surface area contributed by atoms with Gasteiger partial charge in [0.1, 0.15) is 0 Å². The van der Waals surface area contributed by atoms with Crippen LogP contribution in [0.25, 0.3) is 6.08 Å². The number of carbonyl (C=O) groups excluding carboxylic acids is 1. The van der Waals surface area contributed by atoms with Crippen molar-refractivity contribution in [3.8, 4) is 11.5 Å². The van der Waals surface area contributed by atoms with E-state index in [2.05, 4.69) is 5.32 Å². The van der Waals surface area contributed by atoms with Gasteiger partial charge in [-0.3, -0.25) is 4.79 Å². The average Bonchev–Trinajstić information content (AvgIpc) is 2.36. The molecule has 0 fully saturated rings. The zero-order valence-electron chi connectivity index (χ0n) is 10.3. The van der Waals surface area contributed by atoms with E-state index in [1.165, 1.54) is 6.08 Å². The van der Waals surface area contributed by atoms with Crippen LogP contribution in [0.1, 0.15) is 12.5 Å². The van der Waals surface area contributed by atoms with E-state index in [9.17, 15) is 4.79 Å². The highest BCUT2D eigenvalue weighted by atomic mass is 16.5. The van der Waals surface area contributed by atoms with E-state index in [-0.39, 0.29) is 5.91 Å². The molecule has 0 saturated carbocycles. The number of hydrogen-bond donors (Lipinski definition) is 1. The van der Waals surface area contributed by atoms with Crippen LogP contribution in [0.3, 0.4) is 0 Å². The monoisotopic (exact) mass is 235 g/mol. The van der Waals surface area contributed by atoms with Crippen molar-refractivity contribution >= 4 is 12.0 Å². The van der Waals surface area contributed by atoms with Crippen LogP contribution in [0, 0.1) is 0 Å². The highest BCUT2D eigenvalue weighted by Crippen LogP contribution is 2.27. The molecule has 0 spiro atoms. The zero-order chi connectivity index (χ0) is 12.7. The van der Waals surface area contributed by atoms with Crippen molar-refractivity contribution in [2.45, 2.75) is 6.92 Å². The Bertz CT molecular complexity index is 413. The molecule has 0 aromatic heterocycles. The second-order valence-electron chi connectivity index (χ2n) is 3.34. The first-order valence-electron chi connectivity index (χ1n) is 5.39. The summed E-state index contributed by atoms with van der Waals surface area (Å²) in [6, 6.07) is 5.47. The Labute approximate surface area is 101 Å². The molecule has 4 heteroatoms. The second kappa shape index (κ2) is 6.58. The number of carbonyl (C=O) groups is 1. The number of ether oxygens (including phenoxy) is 2. The molecule has 0 aliphatic carbocycles. The largest absolute Gasteiger partial charge is 0.493 e. The van der Waals surface area contributed by atoms with Gasteiger partial charge in [0.25, 0.3) is 0 Å². The number of nitrogens with one attached hydrogen (secondary N) is 1. The number of methoxy groups -OCH3 is 2. The summed E-state index contributed by atoms with van der Waals surface area (Å²) < 4.78 is 10.3. The minimum atomic E-state index is -0.109. The first-order valence-corrected chi connectivity index (χ1v) is 5.39. The number of benzene rings is 1. The smallest absolute Gasteiger partial charge is 0.243 e. The lowest BCUT2D eigenvalue weighted by atomic mass is 10.2. The minimum Gasteiger partial charge on any atom is -0.493 e. The Morgan fingerprint density at radius 2 is 2.00 bits per heavy atom. The van der Waals surface area contributed by atoms with Gasteiger partial charge in [0, 0.05) is 12.6 Å². The van der Waals surface area contributed by atoms with Gasteiger partial charge >= 0.3 is 0 Å². The quantitative estimate of drug-likeness (QED) is 0.792. The Morgan fingerprint density at radius 1 is 1.29 bits per heavy atom. The van der Waals surface area contributed by atoms with E-state index in [1.807, 2.05) is 19.1 Å². The summed E-state index contributed by atoms with van der Waals surface area (Å²) in [5, 5.41) is 2.69. The predicted octanol–water partition coefficient (Wildman–Crippen LogP) is 1.85. The van der Waals surface area contributed by atoms with Crippen LogP contribution >= 0.6 is 0 Å². The Hall–Kier alpha value is -1.97. The molecule has 92 valence electrons. The highest BCUT2D eigenvalue weighted by Gasteiger charge is 2.02. The van der Waals surface area contributed by atoms with Crippen molar-refractivity contribution in [2.24, 2.45) is 0 Å². The third-order valence-electron chi connectivity index (χ3n) is 2.19. The molecule has 1 amide bonds. The maximum absolute atomic E-state index is 11.2. The van der Waals surface area contributed by atoms with E-state index in [1.54, 1.807) is 26.4 Å². The fourth-order valence-electron chi connectivity index (χ4n) is 1.36. The summed E-state index contributed by atoms with van der Waals surface area (Å²) >= 11 is 0. The lowest BCUT2D eigenvalue weighted by Gasteiger charge is -2.07. The van der Waals surface area contributed by atoms with Gasteiger partial charge in [-0.15, -0.1) is 0 Å². The normalized spacial score (nSPS) is 10.3. The van der Waals surface area contributed by atoms with Crippen molar-refractivity contribution in [3.05, 3.63) is 29.8 Å². The van der Waals surface area contributed by atoms with Crippen LogP contribution in [-0.2, 0) is 4.79 Å². The Morgan fingerprint density at radius 3 is 2.59 bits per heavy atom. The van der Waals surface area contributed by atoms with Gasteiger partial charge in [-0.05, 0) is 30.7 Å². The number of amides is 1. The summed E-state index contributed by atoms with van der Waals surface area (Å²) in [5.74, 6) is 1.20. The van der Waals surface area contributed by atoms with Gasteiger partial charge in [-0.2, -0.15) is 0 Å². The highest BCUT2D eigenvalue weighted by molar-refractivity contribution is 5.91. The first-order chi connectivity index (χ1) is 8.21. The van der Waals surface area contributed by atoms with Crippen molar-refractivity contribution in [2.75, 3.05) is 20.8 Å². The van der Waals surface area contributed by atoms with Crippen LogP contribution in [0.4, 0.5) is 0 Å². The van der Waals surface area contributed by atoms with Crippen LogP contribution in [0.15, 0.2) is 24.3 Å². The average molecular weight is 235 g/mol. The third kappa shape index (κ3) is 3.83. The third-order valence-corrected chi connectivity index (χ3v) is 2.19. The molecule has 1 N–H and O–H groups in total. The van der Waals surface area contributed by atoms with E-state index in [0.717, 1.165) is 5.56 Å². The molecule has 0 radical (unpaired) electrons. The van der Waals surface area contributed by atoms with Crippen molar-refractivity contribution in [1.82, 2.24) is 5.32 Å². The van der Waals surface area contributed by atoms with E-state index >= 15 is 0 Å². The predicted molar refractivity (Wildman–Crippen MR) is 67.3 cm³/mol. The van der Waals surface area contributed by atoms with Gasteiger partial charge in [0.05, 0.1) is 14.2 Å². The molecule has 0 aliphatic heterocycles. The molecule has 0 bridgehead atoms. The SMILES string of the molecule is CCNC(=O)/C=C/c1ccc(OC)c(OC)c1. The topological polar surface area (TPSA) is 47.6 Å². The van der Waals surface area contributed by atoms with E-state index < -0.39 is 0 Å². The van der Waals surface area contributed by atoms with Gasteiger partial charge < -0.3 is 14.8 Å². The molecular weight excluding hydrogens is 218 g/mol. The summed E-state index contributed by atoms with van der Waals surface area (Å²) in [6.07, 6.45) is 3.22. The van der Waals surface area contributed by atoms with Gasteiger partial charge in [-0.25, -0.2) is 0 Å². The lowest BCUT2D eigenvalue weighted by Crippen LogP contribution is -2.19. The fraction of sp³-hybridized carbons (Fsp3) is 0.308. The number of likely N-dealkylation sites (N-methyl/N-ethyl adjacent to an activating group) is 1. The Balaban J connectivity index is 2.82. The van der Waals surface area contributed by atoms with Crippen LogP contribution in [0.5, 0.6) is 11.5 Å². The van der Waals surface area contributed by atoms with Gasteiger partial charge in [-0.1, -0.05) is 6.07 Å². The van der Waals surface area contributed by atoms with Gasteiger partial charge in [0.2, 0.25) is 5.91 Å². The molecule has 4 nitrogen and oxygen atoms in total. The lowest BCUT2D eigenvalue weighted by molar-refractivity contribution is -0.116. The summed E-state index contributed by atoms with van der Waals surface area (Å²) in [4.78, 5) is 11.2. The summed E-state index contributed by atoms with van der Waals surface area (Å²) in [6.45, 7) is 2.50. The summed E-state index contributed by atoms with van der Waals surface area (Å²) in [5.41, 5.74) is 0.883. The molecule has 17 heavy (non-hydrogen) atoms. The molecule has 0 aliphatic rings. The number of hydrogen-bond acceptors (Lipinski definition) is 3. The fourth-order valence-corrected chi connectivity index (χ4v) is 1.36. The van der Waals surface area contributed by atoms with Crippen molar-refractivity contribution < 1.29 is 14.3 Å². The second-order valence-corrected chi connectivity index (χ2v) is 3.34. The van der Waals surface area contributed by atoms with Crippen molar-refractivity contribution in [3.63, 3.8) is 0 Å². The van der Waals surface area contributed by atoms with Crippen molar-refractivity contribution in [1.29, 1.82) is 0 Å². The molecule has 0 unspecified atom stereocenters. The van der Waals surface area contributed by atoms with Crippen LogP contribution in [-0.4, -0.2) is 26.7 Å². The zero-order valence-corrected chi connectivity index (χ0v) is 10.3. The number of rotatable bonds is 5. The van der Waals surface area contributed by atoms with E-state index in [4.69, 9.17) is 9.47 Å². The van der Waals surface area contributed by atoms with Crippen LogP contribution in [0.2, 0.25) is 0 Å². The van der Waals surface area contributed by atoms with Gasteiger partial charge in [0.15, 0.2) is 11.5 Å². The molecule has 1 aromatic carbocycles. The molecule has 0 saturated heterocycles.